The second-order valence-corrected chi connectivity index (χ2v) is 10.7. The van der Waals surface area contributed by atoms with E-state index < -0.39 is 0 Å². The molecule has 2 aromatic carbocycles. The number of rotatable bonds is 8. The molecule has 6 heteroatoms. The van der Waals surface area contributed by atoms with Crippen molar-refractivity contribution in [3.05, 3.63) is 81.9 Å². The average molecular weight is 557 g/mol. The van der Waals surface area contributed by atoms with Gasteiger partial charge < -0.3 is 10.2 Å². The molecule has 0 bridgehead atoms. The molecule has 0 aliphatic heterocycles. The highest BCUT2D eigenvalue weighted by atomic mass is 19.1. The van der Waals surface area contributed by atoms with E-state index in [1.54, 1.807) is 25.1 Å². The van der Waals surface area contributed by atoms with Gasteiger partial charge in [0.2, 0.25) is 11.8 Å². The molecule has 0 aliphatic rings. The number of aryl methyl sites for hydroxylation is 1. The highest BCUT2D eigenvalue weighted by Crippen LogP contribution is 2.28. The minimum absolute atomic E-state index is 0.0978. The quantitative estimate of drug-likeness (QED) is 0.388. The van der Waals surface area contributed by atoms with Crippen LogP contribution in [-0.2, 0) is 16.0 Å². The Morgan fingerprint density at radius 3 is 2.15 bits per heavy atom. The van der Waals surface area contributed by atoms with Crippen LogP contribution in [0.25, 0.3) is 12.2 Å². The predicted molar refractivity (Wildman–Crippen MR) is 165 cm³/mol. The van der Waals surface area contributed by atoms with Crippen molar-refractivity contribution in [2.75, 3.05) is 7.05 Å². The topological polar surface area (TPSA) is 49.4 Å². The molecule has 0 saturated heterocycles. The number of halogens is 2. The molecule has 0 heterocycles. The Morgan fingerprint density at radius 2 is 1.70 bits per heavy atom. The van der Waals surface area contributed by atoms with Gasteiger partial charge in [0.25, 0.3) is 0 Å². The van der Waals surface area contributed by atoms with Crippen molar-refractivity contribution in [1.29, 1.82) is 0 Å². The summed E-state index contributed by atoms with van der Waals surface area (Å²) in [5, 5.41) is 4.13. The Labute approximate surface area is 240 Å². The molecule has 0 saturated carbocycles. The smallest absolute Gasteiger partial charge is 0.221 e. The standard InChI is InChI=1S/C13H14FNO.C12H25NO.C9H11F/c1-4-11-5-6-13(14)8-12(11)7-9(2)15-10(3)16;1-7-11(13(6)10(3)14)9-12(4,5)8-2;1-3-8-5-4-6-9(10)7(8)2/h4-8H,2H2,1,3H3,(H,15,16);11H,7-9H2,1-6H3;4-6H,3H2,1-2H3/b11-4-,12-7-;;. The molecule has 0 fully saturated rings. The molecule has 2 amide bonds. The van der Waals surface area contributed by atoms with Crippen molar-refractivity contribution in [2.24, 2.45) is 5.41 Å². The van der Waals surface area contributed by atoms with Crippen LogP contribution >= 0.6 is 0 Å². The molecule has 2 rings (SSSR count). The Bertz CT molecular complexity index is 1230. The SMILES string of the molecule is C=C(/C=c1/cc(F)cc/c1=C/C)NC(C)=O.CCC(CC(C)(C)CC)N(C)C(C)=O.CCc1cccc(F)c1C. The zero-order chi connectivity index (χ0) is 31.0. The fourth-order valence-corrected chi connectivity index (χ4v) is 4.01. The van der Waals surface area contributed by atoms with Crippen molar-refractivity contribution in [3.63, 3.8) is 0 Å². The van der Waals surface area contributed by atoms with Crippen LogP contribution < -0.4 is 15.8 Å². The van der Waals surface area contributed by atoms with E-state index in [2.05, 4.69) is 39.6 Å². The summed E-state index contributed by atoms with van der Waals surface area (Å²) in [4.78, 5) is 23.9. The second kappa shape index (κ2) is 18.1. The van der Waals surface area contributed by atoms with Gasteiger partial charge in [0.15, 0.2) is 0 Å². The average Bonchev–Trinajstić information content (AvgIpc) is 2.89. The molecule has 1 atom stereocenters. The number of amides is 2. The van der Waals surface area contributed by atoms with Gasteiger partial charge in [-0.15, -0.1) is 0 Å². The summed E-state index contributed by atoms with van der Waals surface area (Å²) in [5.74, 6) is -0.435. The highest BCUT2D eigenvalue weighted by Gasteiger charge is 2.24. The Hall–Kier alpha value is -3.28. The van der Waals surface area contributed by atoms with E-state index >= 15 is 0 Å². The van der Waals surface area contributed by atoms with Crippen LogP contribution in [0, 0.1) is 24.0 Å². The maximum Gasteiger partial charge on any atom is 0.221 e. The van der Waals surface area contributed by atoms with Crippen molar-refractivity contribution < 1.29 is 18.4 Å². The lowest BCUT2D eigenvalue weighted by Crippen LogP contribution is -2.38. The lowest BCUT2D eigenvalue weighted by Gasteiger charge is -2.33. The summed E-state index contributed by atoms with van der Waals surface area (Å²) in [5.41, 5.74) is 2.66. The van der Waals surface area contributed by atoms with Crippen LogP contribution in [0.2, 0.25) is 0 Å². The number of carbonyl (C=O) groups is 2. The molecule has 0 spiro atoms. The molecule has 222 valence electrons. The summed E-state index contributed by atoms with van der Waals surface area (Å²) in [7, 11) is 1.90. The monoisotopic (exact) mass is 556 g/mol. The molecular weight excluding hydrogens is 506 g/mol. The van der Waals surface area contributed by atoms with E-state index in [0.717, 1.165) is 42.0 Å². The molecule has 4 nitrogen and oxygen atoms in total. The highest BCUT2D eigenvalue weighted by molar-refractivity contribution is 5.77. The lowest BCUT2D eigenvalue weighted by molar-refractivity contribution is -0.130. The maximum absolute atomic E-state index is 13.0. The van der Waals surface area contributed by atoms with Gasteiger partial charge in [0, 0.05) is 32.6 Å². The van der Waals surface area contributed by atoms with Gasteiger partial charge >= 0.3 is 0 Å². The van der Waals surface area contributed by atoms with E-state index in [1.807, 2.05) is 44.9 Å². The summed E-state index contributed by atoms with van der Waals surface area (Å²) >= 11 is 0. The molecule has 40 heavy (non-hydrogen) atoms. The maximum atomic E-state index is 13.0. The van der Waals surface area contributed by atoms with Crippen molar-refractivity contribution >= 4 is 24.0 Å². The van der Waals surface area contributed by atoms with Crippen molar-refractivity contribution in [3.8, 4) is 0 Å². The summed E-state index contributed by atoms with van der Waals surface area (Å²) in [6, 6.07) is 10.1. The number of nitrogens with one attached hydrogen (secondary N) is 1. The zero-order valence-corrected chi connectivity index (χ0v) is 26.3. The first-order valence-corrected chi connectivity index (χ1v) is 14.0. The van der Waals surface area contributed by atoms with Crippen LogP contribution in [0.3, 0.4) is 0 Å². The Kier molecular flexibility index (Phi) is 16.7. The van der Waals surface area contributed by atoms with E-state index in [9.17, 15) is 18.4 Å². The third-order valence-electron chi connectivity index (χ3n) is 7.05. The third-order valence-corrected chi connectivity index (χ3v) is 7.05. The number of benzene rings is 2. The van der Waals surface area contributed by atoms with Crippen LogP contribution in [0.1, 0.15) is 85.8 Å². The van der Waals surface area contributed by atoms with Gasteiger partial charge in [-0.05, 0) is 84.4 Å². The summed E-state index contributed by atoms with van der Waals surface area (Å²) in [6.07, 6.45) is 7.71. The number of allylic oxidation sites excluding steroid dienone is 1. The Morgan fingerprint density at radius 1 is 1.07 bits per heavy atom. The Balaban J connectivity index is 0.000000585. The van der Waals surface area contributed by atoms with Crippen molar-refractivity contribution in [1.82, 2.24) is 10.2 Å². The molecule has 0 aliphatic carbocycles. The lowest BCUT2D eigenvalue weighted by atomic mass is 9.82. The largest absolute Gasteiger partial charge is 0.343 e. The van der Waals surface area contributed by atoms with Crippen LogP contribution in [0.15, 0.2) is 48.7 Å². The summed E-state index contributed by atoms with van der Waals surface area (Å²) < 4.78 is 25.8. The van der Waals surface area contributed by atoms with Gasteiger partial charge in [-0.25, -0.2) is 8.78 Å². The molecule has 1 N–H and O–H groups in total. The van der Waals surface area contributed by atoms with Gasteiger partial charge in [-0.3, -0.25) is 9.59 Å². The number of nitrogens with zero attached hydrogens (tertiary/aromatic N) is 1. The van der Waals surface area contributed by atoms with Gasteiger partial charge in [0.05, 0.1) is 0 Å². The molecule has 0 aromatic heterocycles. The molecule has 1 unspecified atom stereocenters. The van der Waals surface area contributed by atoms with E-state index in [0.29, 0.717) is 22.4 Å². The first kappa shape index (κ1) is 36.7. The van der Waals surface area contributed by atoms with Gasteiger partial charge in [-0.2, -0.15) is 0 Å². The van der Waals surface area contributed by atoms with Crippen LogP contribution in [-0.4, -0.2) is 29.8 Å². The predicted octanol–water partition coefficient (Wildman–Crippen LogP) is 6.82. The fraction of sp³-hybridized carbons (Fsp3) is 0.471. The first-order valence-electron chi connectivity index (χ1n) is 14.0. The van der Waals surface area contributed by atoms with Crippen LogP contribution in [0.5, 0.6) is 0 Å². The third kappa shape index (κ3) is 13.7. The van der Waals surface area contributed by atoms with E-state index in [1.165, 1.54) is 25.1 Å². The molecular formula is C34H50F2N2O2. The first-order chi connectivity index (χ1) is 18.6. The minimum atomic E-state index is -0.313. The normalized spacial score (nSPS) is 12.4. The van der Waals surface area contributed by atoms with Gasteiger partial charge in [-0.1, -0.05) is 71.9 Å². The van der Waals surface area contributed by atoms with E-state index in [4.69, 9.17) is 0 Å². The number of carbonyl (C=O) groups excluding carboxylic acids is 2. The van der Waals surface area contributed by atoms with Gasteiger partial charge in [0.1, 0.15) is 11.6 Å². The molecule has 0 radical (unpaired) electrons. The number of hydrogen-bond donors (Lipinski definition) is 1. The molecule has 2 aromatic rings. The fourth-order valence-electron chi connectivity index (χ4n) is 4.01. The minimum Gasteiger partial charge on any atom is -0.343 e. The summed E-state index contributed by atoms with van der Waals surface area (Å²) in [6.45, 7) is 21.3. The van der Waals surface area contributed by atoms with Crippen molar-refractivity contribution in [2.45, 2.75) is 94.0 Å². The second-order valence-electron chi connectivity index (χ2n) is 10.7. The number of hydrogen-bond acceptors (Lipinski definition) is 2. The zero-order valence-electron chi connectivity index (χ0n) is 26.3. The van der Waals surface area contributed by atoms with Crippen LogP contribution in [0.4, 0.5) is 8.78 Å². The van der Waals surface area contributed by atoms with E-state index in [-0.39, 0.29) is 23.4 Å².